The first-order valence-corrected chi connectivity index (χ1v) is 5.42. The molecule has 15 heavy (non-hydrogen) atoms. The molecule has 0 aromatic carbocycles. The SMILES string of the molecule is CCC(CC)(OO)OC(CC)(CC)OO. The minimum absolute atomic E-state index is 0.463. The van der Waals surface area contributed by atoms with Crippen LogP contribution in [0.3, 0.4) is 0 Å². The summed E-state index contributed by atoms with van der Waals surface area (Å²) in [5.74, 6) is -2.23. The van der Waals surface area contributed by atoms with Crippen LogP contribution in [0.4, 0.5) is 0 Å². The van der Waals surface area contributed by atoms with E-state index in [1.807, 2.05) is 27.7 Å². The molecule has 0 unspecified atom stereocenters. The molecule has 0 atom stereocenters. The Balaban J connectivity index is 4.74. The summed E-state index contributed by atoms with van der Waals surface area (Å²) >= 11 is 0. The van der Waals surface area contributed by atoms with Crippen LogP contribution in [0.15, 0.2) is 0 Å². The highest BCUT2D eigenvalue weighted by atomic mass is 17.2. The van der Waals surface area contributed by atoms with Gasteiger partial charge in [-0.15, -0.1) is 0 Å². The molecular weight excluding hydrogens is 200 g/mol. The fourth-order valence-electron chi connectivity index (χ4n) is 1.42. The first-order chi connectivity index (χ1) is 7.07. The molecule has 0 aromatic rings. The Hall–Kier alpha value is -0.200. The number of ether oxygens (including phenoxy) is 1. The van der Waals surface area contributed by atoms with Crippen LogP contribution in [-0.2, 0) is 14.5 Å². The van der Waals surface area contributed by atoms with Crippen molar-refractivity contribution in [2.24, 2.45) is 0 Å². The first kappa shape index (κ1) is 14.8. The Bertz CT molecular complexity index is 129. The lowest BCUT2D eigenvalue weighted by Crippen LogP contribution is -2.46. The molecule has 0 aromatic heterocycles. The van der Waals surface area contributed by atoms with Crippen LogP contribution >= 0.6 is 0 Å². The van der Waals surface area contributed by atoms with Crippen LogP contribution in [0.1, 0.15) is 53.4 Å². The van der Waals surface area contributed by atoms with E-state index in [1.54, 1.807) is 0 Å². The minimum Gasteiger partial charge on any atom is -0.312 e. The average Bonchev–Trinajstić information content (AvgIpc) is 2.33. The second-order valence-electron chi connectivity index (χ2n) is 3.52. The maximum absolute atomic E-state index is 8.86. The number of rotatable bonds is 8. The fraction of sp³-hybridized carbons (Fsp3) is 1.00. The van der Waals surface area contributed by atoms with Crippen LogP contribution < -0.4 is 0 Å². The largest absolute Gasteiger partial charge is 0.312 e. The molecule has 2 N–H and O–H groups in total. The smallest absolute Gasteiger partial charge is 0.203 e. The molecule has 5 heteroatoms. The van der Waals surface area contributed by atoms with E-state index in [-0.39, 0.29) is 0 Å². The maximum Gasteiger partial charge on any atom is 0.203 e. The zero-order valence-corrected chi connectivity index (χ0v) is 9.95. The summed E-state index contributed by atoms with van der Waals surface area (Å²) in [5, 5.41) is 17.7. The van der Waals surface area contributed by atoms with E-state index in [2.05, 4.69) is 9.78 Å². The van der Waals surface area contributed by atoms with Gasteiger partial charge in [0.1, 0.15) is 0 Å². The normalized spacial score (nSPS) is 13.2. The second kappa shape index (κ2) is 6.40. The van der Waals surface area contributed by atoms with Crippen molar-refractivity contribution in [2.45, 2.75) is 65.0 Å². The zero-order valence-electron chi connectivity index (χ0n) is 9.95. The molecule has 0 radical (unpaired) electrons. The molecule has 92 valence electrons. The standard InChI is InChI=1S/C10H22O5/c1-5-9(6-2,14-11)13-10(7-3,8-4)15-12/h11-12H,5-8H2,1-4H3. The van der Waals surface area contributed by atoms with Gasteiger partial charge in [-0.25, -0.2) is 20.3 Å². The molecule has 0 aliphatic heterocycles. The topological polar surface area (TPSA) is 68.2 Å². The molecule has 0 heterocycles. The summed E-state index contributed by atoms with van der Waals surface area (Å²) in [6.45, 7) is 7.31. The highest BCUT2D eigenvalue weighted by Gasteiger charge is 2.40. The van der Waals surface area contributed by atoms with Gasteiger partial charge < -0.3 is 4.74 Å². The molecule has 0 saturated carbocycles. The van der Waals surface area contributed by atoms with Crippen LogP contribution in [0, 0.1) is 0 Å². The highest BCUT2D eigenvalue weighted by molar-refractivity contribution is 4.72. The van der Waals surface area contributed by atoms with Crippen molar-refractivity contribution < 1.29 is 25.0 Å². The van der Waals surface area contributed by atoms with Crippen molar-refractivity contribution in [3.8, 4) is 0 Å². The molecule has 0 rings (SSSR count). The quantitative estimate of drug-likeness (QED) is 0.375. The van der Waals surface area contributed by atoms with Crippen LogP contribution in [0.25, 0.3) is 0 Å². The van der Waals surface area contributed by atoms with Crippen molar-refractivity contribution in [1.82, 2.24) is 0 Å². The molecule has 0 saturated heterocycles. The third-order valence-corrected chi connectivity index (χ3v) is 2.86. The van der Waals surface area contributed by atoms with Gasteiger partial charge in [-0.05, 0) is 0 Å². The molecule has 0 spiro atoms. The Kier molecular flexibility index (Phi) is 6.31. The monoisotopic (exact) mass is 222 g/mol. The summed E-state index contributed by atoms with van der Waals surface area (Å²) in [7, 11) is 0. The van der Waals surface area contributed by atoms with Gasteiger partial charge in [0.25, 0.3) is 0 Å². The van der Waals surface area contributed by atoms with Crippen molar-refractivity contribution in [3.63, 3.8) is 0 Å². The zero-order chi connectivity index (χ0) is 11.9. The Labute approximate surface area is 90.8 Å². The van der Waals surface area contributed by atoms with E-state index in [0.29, 0.717) is 25.7 Å². The summed E-state index contributed by atoms with van der Waals surface area (Å²) in [6, 6.07) is 0. The fourth-order valence-corrected chi connectivity index (χ4v) is 1.42. The predicted octanol–water partition coefficient (Wildman–Crippen LogP) is 3.01. The van der Waals surface area contributed by atoms with Gasteiger partial charge in [0.05, 0.1) is 0 Å². The van der Waals surface area contributed by atoms with Gasteiger partial charge in [0, 0.05) is 25.7 Å². The Morgan fingerprint density at radius 2 is 1.00 bits per heavy atom. The highest BCUT2D eigenvalue weighted by Crippen LogP contribution is 2.32. The Morgan fingerprint density at radius 3 is 1.13 bits per heavy atom. The molecule has 0 aliphatic carbocycles. The molecule has 0 bridgehead atoms. The summed E-state index contributed by atoms with van der Waals surface area (Å²) in [5.41, 5.74) is 0. The minimum atomic E-state index is -1.12. The van der Waals surface area contributed by atoms with Crippen molar-refractivity contribution >= 4 is 0 Å². The van der Waals surface area contributed by atoms with Gasteiger partial charge in [-0.2, -0.15) is 0 Å². The van der Waals surface area contributed by atoms with Crippen LogP contribution in [0.2, 0.25) is 0 Å². The number of hydrogen-bond donors (Lipinski definition) is 2. The molecule has 0 fully saturated rings. The van der Waals surface area contributed by atoms with Gasteiger partial charge in [-0.3, -0.25) is 0 Å². The summed E-state index contributed by atoms with van der Waals surface area (Å²) in [6.07, 6.45) is 1.85. The third kappa shape index (κ3) is 3.39. The van der Waals surface area contributed by atoms with Crippen LogP contribution in [-0.4, -0.2) is 22.1 Å². The van der Waals surface area contributed by atoms with Crippen molar-refractivity contribution in [3.05, 3.63) is 0 Å². The Morgan fingerprint density at radius 1 is 0.733 bits per heavy atom. The summed E-state index contributed by atoms with van der Waals surface area (Å²) in [4.78, 5) is 8.77. The lowest BCUT2D eigenvalue weighted by atomic mass is 10.1. The first-order valence-electron chi connectivity index (χ1n) is 5.42. The van der Waals surface area contributed by atoms with E-state index in [9.17, 15) is 0 Å². The predicted molar refractivity (Wildman–Crippen MR) is 55.1 cm³/mol. The maximum atomic E-state index is 8.86. The molecule has 0 aliphatic rings. The lowest BCUT2D eigenvalue weighted by Gasteiger charge is -2.38. The van der Waals surface area contributed by atoms with E-state index < -0.39 is 11.6 Å². The van der Waals surface area contributed by atoms with E-state index in [4.69, 9.17) is 15.3 Å². The molecular formula is C10H22O5. The van der Waals surface area contributed by atoms with E-state index in [1.165, 1.54) is 0 Å². The van der Waals surface area contributed by atoms with E-state index >= 15 is 0 Å². The van der Waals surface area contributed by atoms with Crippen molar-refractivity contribution in [1.29, 1.82) is 0 Å². The number of hydrogen-bond acceptors (Lipinski definition) is 5. The van der Waals surface area contributed by atoms with Crippen LogP contribution in [0.5, 0.6) is 0 Å². The van der Waals surface area contributed by atoms with Gasteiger partial charge in [-0.1, -0.05) is 27.7 Å². The lowest BCUT2D eigenvalue weighted by molar-refractivity contribution is -0.496. The van der Waals surface area contributed by atoms with Gasteiger partial charge in [0.2, 0.25) is 11.6 Å². The second-order valence-corrected chi connectivity index (χ2v) is 3.52. The van der Waals surface area contributed by atoms with Gasteiger partial charge in [0.15, 0.2) is 0 Å². The average molecular weight is 222 g/mol. The van der Waals surface area contributed by atoms with E-state index in [0.717, 1.165) is 0 Å². The molecule has 0 amide bonds. The molecule has 5 nitrogen and oxygen atoms in total. The third-order valence-electron chi connectivity index (χ3n) is 2.86. The summed E-state index contributed by atoms with van der Waals surface area (Å²) < 4.78 is 5.58. The van der Waals surface area contributed by atoms with Gasteiger partial charge >= 0.3 is 0 Å². The van der Waals surface area contributed by atoms with Crippen molar-refractivity contribution in [2.75, 3.05) is 0 Å².